The molecule has 2 rings (SSSR count). The number of ether oxygens (including phenoxy) is 1. The van der Waals surface area contributed by atoms with Crippen LogP contribution in [0, 0.1) is 6.92 Å². The van der Waals surface area contributed by atoms with Gasteiger partial charge in [0, 0.05) is 6.20 Å². The van der Waals surface area contributed by atoms with Crippen LogP contribution in [0.1, 0.15) is 26.3 Å². The van der Waals surface area contributed by atoms with Gasteiger partial charge in [-0.05, 0) is 30.7 Å². The van der Waals surface area contributed by atoms with Gasteiger partial charge >= 0.3 is 5.97 Å². The molecule has 0 unspecified atom stereocenters. The van der Waals surface area contributed by atoms with Crippen molar-refractivity contribution >= 4 is 17.7 Å². The second kappa shape index (κ2) is 5.97. The number of carbonyl (C=O) groups is 2. The highest BCUT2D eigenvalue weighted by atomic mass is 16.5. The molecule has 1 N–H and O–H groups in total. The summed E-state index contributed by atoms with van der Waals surface area (Å²) in [7, 11) is 1.28. The number of hydrogen-bond donors (Lipinski definition) is 1. The van der Waals surface area contributed by atoms with Gasteiger partial charge in [-0.3, -0.25) is 4.79 Å². The van der Waals surface area contributed by atoms with Gasteiger partial charge < -0.3 is 10.1 Å². The van der Waals surface area contributed by atoms with Crippen LogP contribution in [0.15, 0.2) is 42.6 Å². The lowest BCUT2D eigenvalue weighted by atomic mass is 10.1. The molecular weight excluding hydrogens is 256 g/mol. The molecule has 0 aliphatic rings. The molecule has 102 valence electrons. The number of hydrogen-bond acceptors (Lipinski definition) is 4. The molecule has 20 heavy (non-hydrogen) atoms. The van der Waals surface area contributed by atoms with Crippen LogP contribution in [0.3, 0.4) is 0 Å². The highest BCUT2D eigenvalue weighted by molar-refractivity contribution is 6.10. The first-order valence-electron chi connectivity index (χ1n) is 6.03. The van der Waals surface area contributed by atoms with Gasteiger partial charge in [-0.2, -0.15) is 0 Å². The summed E-state index contributed by atoms with van der Waals surface area (Å²) in [4.78, 5) is 27.9. The van der Waals surface area contributed by atoms with E-state index < -0.39 is 11.9 Å². The fourth-order valence-corrected chi connectivity index (χ4v) is 1.69. The molecular formula is C15H14N2O3. The summed E-state index contributed by atoms with van der Waals surface area (Å²) in [6.07, 6.45) is 1.65. The summed E-state index contributed by atoms with van der Waals surface area (Å²) in [5, 5.41) is 2.65. The molecule has 0 spiro atoms. The van der Waals surface area contributed by atoms with E-state index in [1.807, 2.05) is 13.0 Å². The number of anilines is 1. The number of amides is 1. The van der Waals surface area contributed by atoms with Crippen molar-refractivity contribution in [1.29, 1.82) is 0 Å². The van der Waals surface area contributed by atoms with Crippen molar-refractivity contribution in [2.75, 3.05) is 12.4 Å². The topological polar surface area (TPSA) is 68.3 Å². The fourth-order valence-electron chi connectivity index (χ4n) is 1.69. The third-order valence-electron chi connectivity index (χ3n) is 2.73. The number of pyridine rings is 1. The summed E-state index contributed by atoms with van der Waals surface area (Å²) in [6, 6.07) is 10.0. The molecule has 0 bridgehead atoms. The van der Waals surface area contributed by atoms with Gasteiger partial charge in [-0.15, -0.1) is 0 Å². The maximum Gasteiger partial charge on any atom is 0.338 e. The lowest BCUT2D eigenvalue weighted by molar-refractivity contribution is 0.0597. The van der Waals surface area contributed by atoms with Crippen LogP contribution in [0.2, 0.25) is 0 Å². The number of aryl methyl sites for hydroxylation is 1. The van der Waals surface area contributed by atoms with Crippen molar-refractivity contribution in [3.8, 4) is 0 Å². The van der Waals surface area contributed by atoms with Crippen LogP contribution in [-0.4, -0.2) is 24.0 Å². The molecule has 1 aromatic heterocycles. The zero-order valence-corrected chi connectivity index (χ0v) is 11.2. The number of esters is 1. The maximum absolute atomic E-state index is 12.2. The van der Waals surface area contributed by atoms with E-state index in [0.29, 0.717) is 5.82 Å². The summed E-state index contributed by atoms with van der Waals surface area (Å²) in [5.41, 5.74) is 1.47. The average Bonchev–Trinajstić information content (AvgIpc) is 2.48. The van der Waals surface area contributed by atoms with Gasteiger partial charge in [-0.25, -0.2) is 9.78 Å². The van der Waals surface area contributed by atoms with Crippen molar-refractivity contribution in [2.45, 2.75) is 6.92 Å². The zero-order valence-electron chi connectivity index (χ0n) is 11.2. The average molecular weight is 270 g/mol. The van der Waals surface area contributed by atoms with Gasteiger partial charge in [0.05, 0.1) is 18.2 Å². The number of carbonyl (C=O) groups excluding carboxylic acids is 2. The maximum atomic E-state index is 12.2. The Morgan fingerprint density at radius 2 is 1.80 bits per heavy atom. The van der Waals surface area contributed by atoms with E-state index in [1.54, 1.807) is 36.5 Å². The second-order valence-electron chi connectivity index (χ2n) is 4.21. The van der Waals surface area contributed by atoms with Crippen LogP contribution >= 0.6 is 0 Å². The Bertz CT molecular complexity index is 636. The molecule has 5 heteroatoms. The molecule has 0 fully saturated rings. The molecule has 0 saturated carbocycles. The molecule has 5 nitrogen and oxygen atoms in total. The highest BCUT2D eigenvalue weighted by Gasteiger charge is 2.17. The van der Waals surface area contributed by atoms with Crippen molar-refractivity contribution in [2.24, 2.45) is 0 Å². The van der Waals surface area contributed by atoms with Gasteiger partial charge in [0.15, 0.2) is 0 Å². The number of benzene rings is 1. The van der Waals surface area contributed by atoms with Crippen LogP contribution in [0.5, 0.6) is 0 Å². The van der Waals surface area contributed by atoms with E-state index in [4.69, 9.17) is 0 Å². The number of rotatable bonds is 3. The van der Waals surface area contributed by atoms with Crippen molar-refractivity contribution in [3.05, 3.63) is 59.3 Å². The van der Waals surface area contributed by atoms with Gasteiger partial charge in [0.1, 0.15) is 5.82 Å². The zero-order chi connectivity index (χ0) is 14.5. The number of nitrogens with one attached hydrogen (secondary N) is 1. The Kier molecular flexibility index (Phi) is 4.10. The predicted octanol–water partition coefficient (Wildman–Crippen LogP) is 2.43. The van der Waals surface area contributed by atoms with Crippen molar-refractivity contribution in [1.82, 2.24) is 4.98 Å². The first kappa shape index (κ1) is 13.7. The second-order valence-corrected chi connectivity index (χ2v) is 4.21. The third kappa shape index (κ3) is 3.00. The quantitative estimate of drug-likeness (QED) is 0.870. The van der Waals surface area contributed by atoms with Crippen LogP contribution in [0.25, 0.3) is 0 Å². The normalized spacial score (nSPS) is 9.90. The minimum absolute atomic E-state index is 0.222. The summed E-state index contributed by atoms with van der Waals surface area (Å²) in [6.45, 7) is 1.91. The smallest absolute Gasteiger partial charge is 0.338 e. The van der Waals surface area contributed by atoms with E-state index in [0.717, 1.165) is 5.56 Å². The van der Waals surface area contributed by atoms with Crippen LogP contribution in [-0.2, 0) is 4.74 Å². The first-order chi connectivity index (χ1) is 9.61. The molecule has 2 aromatic rings. The minimum atomic E-state index is -0.549. The molecule has 1 amide bonds. The molecule has 0 saturated heterocycles. The molecule has 1 heterocycles. The van der Waals surface area contributed by atoms with Crippen molar-refractivity contribution in [3.63, 3.8) is 0 Å². The first-order valence-corrected chi connectivity index (χ1v) is 6.03. The SMILES string of the molecule is COC(=O)c1ccccc1C(=O)Nc1ccc(C)cn1. The van der Waals surface area contributed by atoms with Crippen molar-refractivity contribution < 1.29 is 14.3 Å². The molecule has 1 aromatic carbocycles. The fraction of sp³-hybridized carbons (Fsp3) is 0.133. The Morgan fingerprint density at radius 1 is 1.10 bits per heavy atom. The van der Waals surface area contributed by atoms with E-state index in [1.165, 1.54) is 7.11 Å². The summed E-state index contributed by atoms with van der Waals surface area (Å²) >= 11 is 0. The Labute approximate surface area is 116 Å². The Morgan fingerprint density at radius 3 is 2.40 bits per heavy atom. The Hall–Kier alpha value is -2.69. The molecule has 0 aliphatic heterocycles. The largest absolute Gasteiger partial charge is 0.465 e. The number of aromatic nitrogens is 1. The van der Waals surface area contributed by atoms with Gasteiger partial charge in [-0.1, -0.05) is 18.2 Å². The van der Waals surface area contributed by atoms with Gasteiger partial charge in [0.2, 0.25) is 0 Å². The summed E-state index contributed by atoms with van der Waals surface area (Å²) < 4.78 is 4.66. The van der Waals surface area contributed by atoms with E-state index in [9.17, 15) is 9.59 Å². The molecule has 0 aliphatic carbocycles. The number of nitrogens with zero attached hydrogens (tertiary/aromatic N) is 1. The molecule has 0 atom stereocenters. The Balaban J connectivity index is 2.25. The van der Waals surface area contributed by atoms with E-state index in [2.05, 4.69) is 15.0 Å². The lowest BCUT2D eigenvalue weighted by Crippen LogP contribution is -2.17. The lowest BCUT2D eigenvalue weighted by Gasteiger charge is -2.08. The summed E-state index contributed by atoms with van der Waals surface area (Å²) in [5.74, 6) is -0.518. The minimum Gasteiger partial charge on any atom is -0.465 e. The van der Waals surface area contributed by atoms with Gasteiger partial charge in [0.25, 0.3) is 5.91 Å². The van der Waals surface area contributed by atoms with E-state index in [-0.39, 0.29) is 11.1 Å². The standard InChI is InChI=1S/C15H14N2O3/c1-10-7-8-13(16-9-10)17-14(18)11-5-3-4-6-12(11)15(19)20-2/h3-9H,1-2H3,(H,16,17,18). The number of methoxy groups -OCH3 is 1. The highest BCUT2D eigenvalue weighted by Crippen LogP contribution is 2.13. The predicted molar refractivity (Wildman–Crippen MR) is 74.7 cm³/mol. The third-order valence-corrected chi connectivity index (χ3v) is 2.73. The molecule has 0 radical (unpaired) electrons. The van der Waals surface area contributed by atoms with Crippen LogP contribution < -0.4 is 5.32 Å². The monoisotopic (exact) mass is 270 g/mol. The van der Waals surface area contributed by atoms with E-state index >= 15 is 0 Å². The van der Waals surface area contributed by atoms with Crippen LogP contribution in [0.4, 0.5) is 5.82 Å².